The number of aryl methyl sites for hydroxylation is 1. The van der Waals surface area contributed by atoms with Crippen molar-refractivity contribution >= 4 is 6.03 Å². The lowest BCUT2D eigenvalue weighted by Gasteiger charge is -2.32. The Balaban J connectivity index is 1.34. The van der Waals surface area contributed by atoms with E-state index in [4.69, 9.17) is 4.74 Å². The molecule has 1 aliphatic rings. The van der Waals surface area contributed by atoms with Gasteiger partial charge in [-0.2, -0.15) is 0 Å². The van der Waals surface area contributed by atoms with Gasteiger partial charge < -0.3 is 19.5 Å². The number of carbonyl (C=O) groups excluding carboxylic acids is 1. The zero-order valence-electron chi connectivity index (χ0n) is 14.6. The number of carbonyl (C=O) groups is 1. The van der Waals surface area contributed by atoms with Gasteiger partial charge >= 0.3 is 6.03 Å². The van der Waals surface area contributed by atoms with Crippen LogP contribution in [-0.2, 0) is 17.9 Å². The number of hydrogen-bond donors (Lipinski definition) is 1. The van der Waals surface area contributed by atoms with Gasteiger partial charge in [-0.25, -0.2) is 9.78 Å². The van der Waals surface area contributed by atoms with Crippen LogP contribution < -0.4 is 5.32 Å². The topological polar surface area (TPSA) is 72.3 Å². The van der Waals surface area contributed by atoms with E-state index in [9.17, 15) is 4.79 Å². The molecule has 1 saturated heterocycles. The highest BCUT2D eigenvalue weighted by molar-refractivity contribution is 5.74. The first-order chi connectivity index (χ1) is 12.2. The van der Waals surface area contributed by atoms with Crippen molar-refractivity contribution in [2.75, 3.05) is 19.6 Å². The van der Waals surface area contributed by atoms with Crippen LogP contribution >= 0.6 is 0 Å². The van der Waals surface area contributed by atoms with Crippen LogP contribution in [-0.4, -0.2) is 51.2 Å². The Kier molecular flexibility index (Phi) is 6.00. The van der Waals surface area contributed by atoms with E-state index in [1.165, 1.54) is 0 Å². The minimum Gasteiger partial charge on any atom is -0.372 e. The highest BCUT2D eigenvalue weighted by Gasteiger charge is 2.23. The Morgan fingerprint density at radius 2 is 2.12 bits per heavy atom. The summed E-state index contributed by atoms with van der Waals surface area (Å²) in [5.74, 6) is 0.958. The number of aromatic nitrogens is 3. The molecule has 2 aromatic rings. The fraction of sp³-hybridized carbons (Fsp3) is 0.500. The summed E-state index contributed by atoms with van der Waals surface area (Å²) in [6.07, 6.45) is 7.39. The maximum atomic E-state index is 12.2. The number of piperidine rings is 1. The summed E-state index contributed by atoms with van der Waals surface area (Å²) in [5, 5.41) is 2.98. The van der Waals surface area contributed by atoms with Gasteiger partial charge in [0.2, 0.25) is 0 Å². The van der Waals surface area contributed by atoms with Crippen molar-refractivity contribution in [2.24, 2.45) is 0 Å². The lowest BCUT2D eigenvalue weighted by molar-refractivity contribution is 0.00308. The van der Waals surface area contributed by atoms with E-state index in [0.717, 1.165) is 44.0 Å². The fourth-order valence-electron chi connectivity index (χ4n) is 2.95. The quantitative estimate of drug-likeness (QED) is 0.870. The standard InChI is InChI=1S/C18H25N5O2/c1-15-19-8-12-22(15)13-9-21-18(24)23-10-5-17(6-11-23)25-14-16-4-2-3-7-20-16/h2-4,7-8,12,17H,5-6,9-11,13-14H2,1H3,(H,21,24). The van der Waals surface area contributed by atoms with Crippen LogP contribution in [0.1, 0.15) is 24.4 Å². The molecule has 1 fully saturated rings. The normalized spacial score (nSPS) is 15.3. The zero-order chi connectivity index (χ0) is 17.5. The average Bonchev–Trinajstić information content (AvgIpc) is 3.06. The summed E-state index contributed by atoms with van der Waals surface area (Å²) in [7, 11) is 0. The molecule has 25 heavy (non-hydrogen) atoms. The van der Waals surface area contributed by atoms with E-state index in [0.29, 0.717) is 13.2 Å². The molecule has 3 heterocycles. The molecule has 0 radical (unpaired) electrons. The highest BCUT2D eigenvalue weighted by Crippen LogP contribution is 2.15. The predicted molar refractivity (Wildman–Crippen MR) is 94.0 cm³/mol. The predicted octanol–water partition coefficient (Wildman–Crippen LogP) is 1.98. The smallest absolute Gasteiger partial charge is 0.317 e. The fourth-order valence-corrected chi connectivity index (χ4v) is 2.95. The number of nitrogens with zero attached hydrogens (tertiary/aromatic N) is 4. The van der Waals surface area contributed by atoms with Crippen LogP contribution in [0.15, 0.2) is 36.8 Å². The molecule has 0 atom stereocenters. The number of hydrogen-bond acceptors (Lipinski definition) is 4. The summed E-state index contributed by atoms with van der Waals surface area (Å²) in [6, 6.07) is 5.82. The first-order valence-corrected chi connectivity index (χ1v) is 8.74. The minimum atomic E-state index is 0.000874. The van der Waals surface area contributed by atoms with Gasteiger partial charge in [0.1, 0.15) is 5.82 Å². The van der Waals surface area contributed by atoms with E-state index in [2.05, 4.69) is 15.3 Å². The van der Waals surface area contributed by atoms with Gasteiger partial charge in [-0.15, -0.1) is 0 Å². The molecule has 2 aromatic heterocycles. The first kappa shape index (κ1) is 17.4. The molecule has 7 heteroatoms. The van der Waals surface area contributed by atoms with E-state index < -0.39 is 0 Å². The van der Waals surface area contributed by atoms with Crippen molar-refractivity contribution in [2.45, 2.75) is 39.0 Å². The number of ether oxygens (including phenoxy) is 1. The molecule has 0 spiro atoms. The molecule has 0 aliphatic carbocycles. The number of urea groups is 1. The number of imidazole rings is 1. The van der Waals surface area contributed by atoms with Crippen molar-refractivity contribution in [3.63, 3.8) is 0 Å². The summed E-state index contributed by atoms with van der Waals surface area (Å²) in [5.41, 5.74) is 0.942. The molecule has 2 amide bonds. The minimum absolute atomic E-state index is 0.000874. The van der Waals surface area contributed by atoms with Gasteiger partial charge in [0.05, 0.1) is 18.4 Å². The Morgan fingerprint density at radius 3 is 2.80 bits per heavy atom. The number of pyridine rings is 1. The number of likely N-dealkylation sites (tertiary alicyclic amines) is 1. The largest absolute Gasteiger partial charge is 0.372 e. The third-order valence-corrected chi connectivity index (χ3v) is 4.47. The Hall–Kier alpha value is -2.41. The SMILES string of the molecule is Cc1nccn1CCNC(=O)N1CCC(OCc2ccccn2)CC1. The van der Waals surface area contributed by atoms with Crippen molar-refractivity contribution in [3.05, 3.63) is 48.3 Å². The molecule has 134 valence electrons. The second-order valence-corrected chi connectivity index (χ2v) is 6.22. The zero-order valence-corrected chi connectivity index (χ0v) is 14.6. The van der Waals surface area contributed by atoms with Crippen molar-refractivity contribution in [1.29, 1.82) is 0 Å². The van der Waals surface area contributed by atoms with Crippen molar-refractivity contribution < 1.29 is 9.53 Å². The monoisotopic (exact) mass is 343 g/mol. The van der Waals surface area contributed by atoms with Gasteiger partial charge in [0.15, 0.2) is 0 Å². The van der Waals surface area contributed by atoms with Gasteiger partial charge in [0.25, 0.3) is 0 Å². The molecular weight excluding hydrogens is 318 g/mol. The second-order valence-electron chi connectivity index (χ2n) is 6.22. The van der Waals surface area contributed by atoms with E-state index >= 15 is 0 Å². The third kappa shape index (κ3) is 5.03. The van der Waals surface area contributed by atoms with Crippen LogP contribution in [0, 0.1) is 6.92 Å². The van der Waals surface area contributed by atoms with E-state index in [-0.39, 0.29) is 12.1 Å². The Morgan fingerprint density at radius 1 is 1.28 bits per heavy atom. The molecule has 3 rings (SSSR count). The molecule has 0 aromatic carbocycles. The Bertz CT molecular complexity index is 665. The molecule has 7 nitrogen and oxygen atoms in total. The van der Waals surface area contributed by atoms with Crippen molar-refractivity contribution in [1.82, 2.24) is 24.8 Å². The van der Waals surface area contributed by atoms with E-state index in [1.54, 1.807) is 12.4 Å². The van der Waals surface area contributed by atoms with Gasteiger partial charge in [0, 0.05) is 44.8 Å². The summed E-state index contributed by atoms with van der Waals surface area (Å²) in [4.78, 5) is 22.5. The number of nitrogens with one attached hydrogen (secondary N) is 1. The third-order valence-electron chi connectivity index (χ3n) is 4.47. The number of amides is 2. The van der Waals surface area contributed by atoms with E-state index in [1.807, 2.05) is 40.8 Å². The molecule has 0 saturated carbocycles. The average molecular weight is 343 g/mol. The number of rotatable bonds is 6. The molecule has 0 unspecified atom stereocenters. The second kappa shape index (κ2) is 8.62. The summed E-state index contributed by atoms with van der Waals surface area (Å²) >= 11 is 0. The van der Waals surface area contributed by atoms with Gasteiger partial charge in [-0.1, -0.05) is 6.07 Å². The summed E-state index contributed by atoms with van der Waals surface area (Å²) < 4.78 is 7.93. The van der Waals surface area contributed by atoms with Crippen LogP contribution in [0.4, 0.5) is 4.79 Å². The lowest BCUT2D eigenvalue weighted by atomic mass is 10.1. The van der Waals surface area contributed by atoms with Crippen LogP contribution in [0.2, 0.25) is 0 Å². The van der Waals surface area contributed by atoms with Gasteiger partial charge in [-0.3, -0.25) is 4.98 Å². The molecule has 0 bridgehead atoms. The van der Waals surface area contributed by atoms with Crippen LogP contribution in [0.25, 0.3) is 0 Å². The van der Waals surface area contributed by atoms with Gasteiger partial charge in [-0.05, 0) is 31.9 Å². The molecular formula is C18H25N5O2. The van der Waals surface area contributed by atoms with Crippen molar-refractivity contribution in [3.8, 4) is 0 Å². The van der Waals surface area contributed by atoms with Crippen LogP contribution in [0.3, 0.4) is 0 Å². The molecule has 1 N–H and O–H groups in total. The van der Waals surface area contributed by atoms with Crippen LogP contribution in [0.5, 0.6) is 0 Å². The summed E-state index contributed by atoms with van der Waals surface area (Å²) in [6.45, 7) is 5.28. The Labute approximate surface area is 148 Å². The molecule has 1 aliphatic heterocycles. The highest BCUT2D eigenvalue weighted by atomic mass is 16.5. The maximum absolute atomic E-state index is 12.2. The lowest BCUT2D eigenvalue weighted by Crippen LogP contribution is -2.46. The maximum Gasteiger partial charge on any atom is 0.317 e. The first-order valence-electron chi connectivity index (χ1n) is 8.74.